The number of para-hydroxylation sites is 1. The minimum Gasteiger partial charge on any atom is -0.301 e. The largest absolute Gasteiger partial charge is 0.301 e. The number of nitrogens with zero attached hydrogens (tertiary/aromatic N) is 4. The van der Waals surface area contributed by atoms with Gasteiger partial charge in [0.05, 0.1) is 0 Å². The van der Waals surface area contributed by atoms with Gasteiger partial charge in [-0.3, -0.25) is 0 Å². The van der Waals surface area contributed by atoms with Crippen molar-refractivity contribution < 1.29 is 0 Å². The summed E-state index contributed by atoms with van der Waals surface area (Å²) in [5, 5.41) is 0. The molecule has 1 aromatic heterocycles. The van der Waals surface area contributed by atoms with Crippen molar-refractivity contribution >= 4 is 23.0 Å². The van der Waals surface area contributed by atoms with Crippen LogP contribution in [0.4, 0.5) is 23.0 Å². The van der Waals surface area contributed by atoms with E-state index in [1.807, 2.05) is 12.4 Å². The van der Waals surface area contributed by atoms with Crippen LogP contribution in [0.1, 0.15) is 93.5 Å². The van der Waals surface area contributed by atoms with Gasteiger partial charge in [0, 0.05) is 29.2 Å². The second-order valence-corrected chi connectivity index (χ2v) is 12.5. The molecule has 6 rings (SSSR count). The monoisotopic (exact) mass is 558 g/mol. The van der Waals surface area contributed by atoms with Crippen molar-refractivity contribution in [1.29, 1.82) is 0 Å². The van der Waals surface area contributed by atoms with Gasteiger partial charge in [0.25, 0.3) is 0 Å². The molecule has 3 heterocycles. The highest BCUT2D eigenvalue weighted by molar-refractivity contribution is 5.89. The molecule has 0 bridgehead atoms. The molecule has 218 valence electrons. The zero-order valence-corrected chi connectivity index (χ0v) is 26.5. The summed E-state index contributed by atoms with van der Waals surface area (Å²) in [6.07, 6.45) is 10.7. The van der Waals surface area contributed by atoms with Crippen molar-refractivity contribution in [2.45, 2.75) is 99.1 Å². The molecule has 0 aliphatic carbocycles. The summed E-state index contributed by atoms with van der Waals surface area (Å²) in [4.78, 5) is 15.1. The Morgan fingerprint density at radius 3 is 1.98 bits per heavy atom. The summed E-state index contributed by atoms with van der Waals surface area (Å²) in [6.45, 7) is 16.2. The number of rotatable bonds is 8. The molecule has 2 aliphatic heterocycles. The van der Waals surface area contributed by atoms with Crippen LogP contribution in [0.25, 0.3) is 11.1 Å². The molecule has 3 aromatic carbocycles. The second-order valence-electron chi connectivity index (χ2n) is 12.5. The Balaban J connectivity index is 1.60. The Morgan fingerprint density at radius 2 is 1.38 bits per heavy atom. The van der Waals surface area contributed by atoms with Gasteiger partial charge in [0.15, 0.2) is 11.6 Å². The Labute approximate surface area is 252 Å². The molecule has 0 spiro atoms. The van der Waals surface area contributed by atoms with Crippen LogP contribution in [0.3, 0.4) is 0 Å². The van der Waals surface area contributed by atoms with Crippen molar-refractivity contribution in [1.82, 2.24) is 9.97 Å². The predicted molar refractivity (Wildman–Crippen MR) is 177 cm³/mol. The molecule has 42 heavy (non-hydrogen) atoms. The van der Waals surface area contributed by atoms with E-state index in [0.717, 1.165) is 37.3 Å². The number of unbranched alkanes of at least 4 members (excludes halogenated alkanes) is 1. The summed E-state index contributed by atoms with van der Waals surface area (Å²) < 4.78 is 0. The van der Waals surface area contributed by atoms with E-state index >= 15 is 0 Å². The highest BCUT2D eigenvalue weighted by Crippen LogP contribution is 2.63. The van der Waals surface area contributed by atoms with E-state index in [9.17, 15) is 0 Å². The highest BCUT2D eigenvalue weighted by atomic mass is 15.5. The van der Waals surface area contributed by atoms with Gasteiger partial charge < -0.3 is 9.80 Å². The first-order chi connectivity index (χ1) is 20.4. The molecule has 0 radical (unpaired) electrons. The van der Waals surface area contributed by atoms with Gasteiger partial charge in [-0.1, -0.05) is 76.6 Å². The van der Waals surface area contributed by atoms with Crippen molar-refractivity contribution in [3.05, 3.63) is 94.8 Å². The molecule has 0 amide bonds. The Kier molecular flexibility index (Phi) is 7.59. The van der Waals surface area contributed by atoms with E-state index in [1.165, 1.54) is 63.2 Å². The predicted octanol–water partition coefficient (Wildman–Crippen LogP) is 10.3. The number of hydrogen-bond donors (Lipinski definition) is 0. The van der Waals surface area contributed by atoms with Gasteiger partial charge in [0.2, 0.25) is 0 Å². The van der Waals surface area contributed by atoms with Crippen molar-refractivity contribution in [2.24, 2.45) is 5.41 Å². The standard InChI is InChI=1S/C38H46N4/c1-8-12-16-28-22-26(6)34(27(7)23-28)29-18-19-30-31(9-2)38(10-3,11-4)37-41(32-17-14-13-15-25(32)5)35-36(40-21-20-39-35)42(37)33(30)24-29/h13-15,17-24,31,37H,8-12,16H2,1-7H3. The van der Waals surface area contributed by atoms with Gasteiger partial charge in [0.1, 0.15) is 6.17 Å². The normalized spacial score (nSPS) is 18.5. The van der Waals surface area contributed by atoms with E-state index in [4.69, 9.17) is 9.97 Å². The summed E-state index contributed by atoms with van der Waals surface area (Å²) in [5.41, 5.74) is 12.1. The third kappa shape index (κ3) is 4.25. The third-order valence-corrected chi connectivity index (χ3v) is 10.3. The summed E-state index contributed by atoms with van der Waals surface area (Å²) in [7, 11) is 0. The molecule has 0 saturated heterocycles. The smallest absolute Gasteiger partial charge is 0.178 e. The van der Waals surface area contributed by atoms with E-state index in [1.54, 1.807) is 0 Å². The van der Waals surface area contributed by atoms with E-state index in [-0.39, 0.29) is 11.6 Å². The minimum absolute atomic E-state index is 0.0285. The zero-order valence-electron chi connectivity index (χ0n) is 26.5. The van der Waals surface area contributed by atoms with Gasteiger partial charge in [-0.2, -0.15) is 0 Å². The van der Waals surface area contributed by atoms with Gasteiger partial charge in [-0.05, 0) is 110 Å². The Hall–Kier alpha value is -3.66. The fourth-order valence-electron chi connectivity index (χ4n) is 8.31. The van der Waals surface area contributed by atoms with Crippen LogP contribution in [-0.2, 0) is 6.42 Å². The van der Waals surface area contributed by atoms with Crippen molar-refractivity contribution in [3.63, 3.8) is 0 Å². The molecule has 2 aliphatic rings. The van der Waals surface area contributed by atoms with E-state index < -0.39 is 0 Å². The van der Waals surface area contributed by atoms with Gasteiger partial charge >= 0.3 is 0 Å². The Morgan fingerprint density at radius 1 is 0.738 bits per heavy atom. The molecule has 2 atom stereocenters. The van der Waals surface area contributed by atoms with Gasteiger partial charge in [-0.15, -0.1) is 0 Å². The number of benzene rings is 3. The topological polar surface area (TPSA) is 32.3 Å². The first kappa shape index (κ1) is 28.5. The van der Waals surface area contributed by atoms with Crippen molar-refractivity contribution in [3.8, 4) is 11.1 Å². The molecule has 0 N–H and O–H groups in total. The summed E-state index contributed by atoms with van der Waals surface area (Å²) in [6, 6.07) is 20.9. The number of anilines is 4. The fourth-order valence-corrected chi connectivity index (χ4v) is 8.31. The zero-order chi connectivity index (χ0) is 29.6. The molecule has 0 fully saturated rings. The first-order valence-corrected chi connectivity index (χ1v) is 16.1. The van der Waals surface area contributed by atoms with Crippen LogP contribution in [0, 0.1) is 26.2 Å². The van der Waals surface area contributed by atoms with Crippen LogP contribution < -0.4 is 9.80 Å². The number of aryl methyl sites for hydroxylation is 4. The fraction of sp³-hybridized carbons (Fsp3) is 0.421. The van der Waals surface area contributed by atoms with Crippen LogP contribution in [0.15, 0.2) is 67.0 Å². The highest BCUT2D eigenvalue weighted by Gasteiger charge is 2.57. The molecule has 4 aromatic rings. The molecule has 4 heteroatoms. The van der Waals surface area contributed by atoms with E-state index in [2.05, 4.69) is 113 Å². The molecule has 0 saturated carbocycles. The minimum atomic E-state index is 0.0285. The van der Waals surface area contributed by atoms with Crippen LogP contribution in [0.5, 0.6) is 0 Å². The maximum atomic E-state index is 5.03. The summed E-state index contributed by atoms with van der Waals surface area (Å²) >= 11 is 0. The molecular formula is C38H46N4. The lowest BCUT2D eigenvalue weighted by atomic mass is 9.62. The SMILES string of the molecule is CCCCc1cc(C)c(-c2ccc3c(c2)N2c4nccnc4N(c4ccccc4C)C2C(CC)(CC)C3CC)c(C)c1. The van der Waals surface area contributed by atoms with Crippen LogP contribution in [-0.4, -0.2) is 16.1 Å². The maximum absolute atomic E-state index is 5.03. The average molecular weight is 559 g/mol. The number of aromatic nitrogens is 2. The molecule has 4 nitrogen and oxygen atoms in total. The lowest BCUT2D eigenvalue weighted by Crippen LogP contribution is -2.57. The lowest BCUT2D eigenvalue weighted by molar-refractivity contribution is 0.143. The summed E-state index contributed by atoms with van der Waals surface area (Å²) in [5.74, 6) is 2.36. The third-order valence-electron chi connectivity index (χ3n) is 10.3. The van der Waals surface area contributed by atoms with Crippen LogP contribution >= 0.6 is 0 Å². The lowest BCUT2D eigenvalue weighted by Gasteiger charge is -2.55. The van der Waals surface area contributed by atoms with E-state index in [0.29, 0.717) is 5.92 Å². The second kappa shape index (κ2) is 11.2. The van der Waals surface area contributed by atoms with Crippen LogP contribution in [0.2, 0.25) is 0 Å². The van der Waals surface area contributed by atoms with Gasteiger partial charge in [-0.25, -0.2) is 9.97 Å². The average Bonchev–Trinajstić information content (AvgIpc) is 3.35. The molecular weight excluding hydrogens is 512 g/mol. The number of fused-ring (bicyclic) bond motifs is 5. The number of hydrogen-bond acceptors (Lipinski definition) is 4. The first-order valence-electron chi connectivity index (χ1n) is 16.1. The quantitative estimate of drug-likeness (QED) is 0.215. The molecule has 2 unspecified atom stereocenters. The maximum Gasteiger partial charge on any atom is 0.178 e. The van der Waals surface area contributed by atoms with Crippen molar-refractivity contribution in [2.75, 3.05) is 9.80 Å². The Bertz CT molecular complexity index is 1580.